The second-order valence-electron chi connectivity index (χ2n) is 6.39. The maximum Gasteiger partial charge on any atom is 0.323 e. The number of anilines is 2. The monoisotopic (exact) mass is 384 g/mol. The molecule has 3 aromatic carbocycles. The van der Waals surface area contributed by atoms with Gasteiger partial charge in [-0.25, -0.2) is 4.79 Å². The quantitative estimate of drug-likeness (QED) is 0.470. The van der Waals surface area contributed by atoms with Gasteiger partial charge in [0, 0.05) is 29.3 Å². The Hall–Kier alpha value is -4.06. The average Bonchev–Trinajstić information content (AvgIpc) is 3.24. The normalized spacial score (nSPS) is 10.3. The van der Waals surface area contributed by atoms with Crippen molar-refractivity contribution in [2.75, 3.05) is 10.6 Å². The van der Waals surface area contributed by atoms with Crippen LogP contribution >= 0.6 is 0 Å². The number of para-hydroxylation sites is 2. The van der Waals surface area contributed by atoms with Crippen LogP contribution in [-0.2, 0) is 6.54 Å². The van der Waals surface area contributed by atoms with Gasteiger partial charge in [-0.15, -0.1) is 0 Å². The van der Waals surface area contributed by atoms with Gasteiger partial charge in [0.15, 0.2) is 0 Å². The van der Waals surface area contributed by atoms with Crippen LogP contribution in [0.5, 0.6) is 11.5 Å². The van der Waals surface area contributed by atoms with E-state index < -0.39 is 0 Å². The van der Waals surface area contributed by atoms with Gasteiger partial charge in [0.25, 0.3) is 0 Å². The number of hydrogen-bond donors (Lipinski definition) is 2. The number of hydrogen-bond acceptors (Lipinski definition) is 3. The molecule has 0 aliphatic heterocycles. The predicted molar refractivity (Wildman–Crippen MR) is 113 cm³/mol. The van der Waals surface area contributed by atoms with Crippen molar-refractivity contribution in [3.05, 3.63) is 103 Å². The van der Waals surface area contributed by atoms with Gasteiger partial charge in [-0.3, -0.25) is 4.68 Å². The van der Waals surface area contributed by atoms with Gasteiger partial charge in [-0.05, 0) is 48.5 Å². The fraction of sp³-hybridized carbons (Fsp3) is 0.0435. The molecule has 2 N–H and O–H groups in total. The summed E-state index contributed by atoms with van der Waals surface area (Å²) in [5, 5.41) is 9.94. The smallest absolute Gasteiger partial charge is 0.323 e. The van der Waals surface area contributed by atoms with E-state index in [0.717, 1.165) is 17.0 Å². The minimum atomic E-state index is -0.307. The van der Waals surface area contributed by atoms with Crippen molar-refractivity contribution in [3.8, 4) is 11.5 Å². The number of aromatic nitrogens is 2. The summed E-state index contributed by atoms with van der Waals surface area (Å²) in [7, 11) is 0. The number of carbonyl (C=O) groups excluding carboxylic acids is 1. The highest BCUT2D eigenvalue weighted by Crippen LogP contribution is 2.28. The molecule has 0 unspecified atom stereocenters. The molecule has 0 fully saturated rings. The summed E-state index contributed by atoms with van der Waals surface area (Å²) in [5.41, 5.74) is 2.29. The Morgan fingerprint density at radius 1 is 0.862 bits per heavy atom. The molecule has 2 amide bonds. The van der Waals surface area contributed by atoms with Crippen molar-refractivity contribution < 1.29 is 9.53 Å². The van der Waals surface area contributed by atoms with Gasteiger partial charge in [0.2, 0.25) is 0 Å². The van der Waals surface area contributed by atoms with Gasteiger partial charge >= 0.3 is 6.03 Å². The van der Waals surface area contributed by atoms with E-state index in [1.54, 1.807) is 10.9 Å². The van der Waals surface area contributed by atoms with Crippen LogP contribution in [0, 0.1) is 0 Å². The number of nitrogens with zero attached hydrogens (tertiary/aromatic N) is 2. The Morgan fingerprint density at radius 2 is 1.59 bits per heavy atom. The molecule has 0 radical (unpaired) electrons. The summed E-state index contributed by atoms with van der Waals surface area (Å²) in [6.45, 7) is 0.519. The van der Waals surface area contributed by atoms with Crippen LogP contribution in [0.3, 0.4) is 0 Å². The van der Waals surface area contributed by atoms with E-state index in [0.29, 0.717) is 18.0 Å². The fourth-order valence-electron chi connectivity index (χ4n) is 2.88. The first-order valence-corrected chi connectivity index (χ1v) is 9.22. The lowest BCUT2D eigenvalue weighted by Crippen LogP contribution is -2.19. The molecular weight excluding hydrogens is 364 g/mol. The van der Waals surface area contributed by atoms with Gasteiger partial charge in [0.05, 0.1) is 6.54 Å². The highest BCUT2D eigenvalue weighted by molar-refractivity contribution is 5.99. The molecule has 1 heterocycles. The molecule has 0 spiro atoms. The van der Waals surface area contributed by atoms with E-state index in [9.17, 15) is 4.79 Å². The largest absolute Gasteiger partial charge is 0.457 e. The summed E-state index contributed by atoms with van der Waals surface area (Å²) < 4.78 is 7.85. The van der Waals surface area contributed by atoms with Crippen LogP contribution in [0.15, 0.2) is 97.3 Å². The number of benzene rings is 3. The zero-order valence-corrected chi connectivity index (χ0v) is 15.7. The minimum absolute atomic E-state index is 0.307. The van der Waals surface area contributed by atoms with Crippen molar-refractivity contribution >= 4 is 17.4 Å². The van der Waals surface area contributed by atoms with Crippen molar-refractivity contribution in [2.45, 2.75) is 6.54 Å². The maximum atomic E-state index is 12.3. The third kappa shape index (κ3) is 5.01. The average molecular weight is 384 g/mol. The third-order valence-electron chi connectivity index (χ3n) is 4.21. The Balaban J connectivity index is 1.54. The van der Waals surface area contributed by atoms with Crippen molar-refractivity contribution in [3.63, 3.8) is 0 Å². The number of ether oxygens (including phenoxy) is 1. The summed E-state index contributed by atoms with van der Waals surface area (Å²) in [6.07, 6.45) is 3.61. The first-order valence-electron chi connectivity index (χ1n) is 9.22. The summed E-state index contributed by atoms with van der Waals surface area (Å²) in [4.78, 5) is 12.3. The van der Waals surface area contributed by atoms with Crippen molar-refractivity contribution in [1.29, 1.82) is 0 Å². The third-order valence-corrected chi connectivity index (χ3v) is 4.21. The van der Waals surface area contributed by atoms with E-state index in [1.807, 2.05) is 91.1 Å². The maximum absolute atomic E-state index is 12.3. The summed E-state index contributed by atoms with van der Waals surface area (Å²) in [5.74, 6) is 1.46. The molecule has 4 rings (SSSR count). The number of carbonyl (C=O) groups is 1. The second-order valence-corrected chi connectivity index (χ2v) is 6.39. The number of rotatable bonds is 6. The lowest BCUT2D eigenvalue weighted by Gasteiger charge is -2.14. The van der Waals surface area contributed by atoms with Gasteiger partial charge < -0.3 is 15.4 Å². The fourth-order valence-corrected chi connectivity index (χ4v) is 2.88. The van der Waals surface area contributed by atoms with E-state index in [-0.39, 0.29) is 6.03 Å². The number of nitrogens with one attached hydrogen (secondary N) is 2. The molecule has 0 aliphatic rings. The molecule has 4 aromatic rings. The molecule has 0 saturated heterocycles. The molecule has 144 valence electrons. The molecule has 0 atom stereocenters. The predicted octanol–water partition coefficient (Wildman–Crippen LogP) is 5.37. The van der Waals surface area contributed by atoms with Crippen LogP contribution in [0.25, 0.3) is 0 Å². The standard InChI is InChI=1S/C23H20N4O2/c28-23(25-19-8-3-1-4-9-19)26-20-12-13-22(29-21-10-5-2-6-11-21)18(16-20)17-27-15-7-14-24-27/h1-16H,17H2,(H2,25,26,28). The lowest BCUT2D eigenvalue weighted by atomic mass is 10.1. The molecule has 6 nitrogen and oxygen atoms in total. The van der Waals surface area contributed by atoms with E-state index in [4.69, 9.17) is 4.74 Å². The van der Waals surface area contributed by atoms with Crippen molar-refractivity contribution in [1.82, 2.24) is 9.78 Å². The summed E-state index contributed by atoms with van der Waals surface area (Å²) in [6, 6.07) is 26.0. The molecule has 0 bridgehead atoms. The molecule has 6 heteroatoms. The van der Waals surface area contributed by atoms with E-state index in [2.05, 4.69) is 15.7 Å². The first kappa shape index (κ1) is 18.3. The number of urea groups is 1. The highest BCUT2D eigenvalue weighted by Gasteiger charge is 2.10. The Kier molecular flexibility index (Phi) is 5.53. The number of amides is 2. The van der Waals surface area contributed by atoms with E-state index >= 15 is 0 Å². The SMILES string of the molecule is O=C(Nc1ccccc1)Nc1ccc(Oc2ccccc2)c(Cn2cccn2)c1. The van der Waals surface area contributed by atoms with Crippen LogP contribution in [0.2, 0.25) is 0 Å². The Labute approximate surface area is 168 Å². The van der Waals surface area contributed by atoms with Crippen LogP contribution in [0.4, 0.5) is 16.2 Å². The minimum Gasteiger partial charge on any atom is -0.457 e. The highest BCUT2D eigenvalue weighted by atomic mass is 16.5. The molecule has 29 heavy (non-hydrogen) atoms. The second kappa shape index (κ2) is 8.75. The van der Waals surface area contributed by atoms with Crippen LogP contribution < -0.4 is 15.4 Å². The molecule has 0 saturated carbocycles. The van der Waals surface area contributed by atoms with Gasteiger partial charge in [-0.1, -0.05) is 36.4 Å². The lowest BCUT2D eigenvalue weighted by molar-refractivity contribution is 0.262. The first-order chi connectivity index (χ1) is 14.3. The van der Waals surface area contributed by atoms with E-state index in [1.165, 1.54) is 0 Å². The Bertz CT molecular complexity index is 1060. The van der Waals surface area contributed by atoms with Crippen molar-refractivity contribution in [2.24, 2.45) is 0 Å². The molecular formula is C23H20N4O2. The zero-order valence-electron chi connectivity index (χ0n) is 15.7. The van der Waals surface area contributed by atoms with Gasteiger partial charge in [-0.2, -0.15) is 5.10 Å². The molecule has 1 aromatic heterocycles. The van der Waals surface area contributed by atoms with Crippen LogP contribution in [-0.4, -0.2) is 15.8 Å². The molecule has 0 aliphatic carbocycles. The van der Waals surface area contributed by atoms with Gasteiger partial charge in [0.1, 0.15) is 11.5 Å². The topological polar surface area (TPSA) is 68.2 Å². The Morgan fingerprint density at radius 3 is 2.31 bits per heavy atom. The summed E-state index contributed by atoms with van der Waals surface area (Å²) >= 11 is 0. The van der Waals surface area contributed by atoms with Crippen LogP contribution in [0.1, 0.15) is 5.56 Å². The zero-order chi connectivity index (χ0) is 19.9.